The summed E-state index contributed by atoms with van der Waals surface area (Å²) in [7, 11) is 0. The fraction of sp³-hybridized carbons (Fsp3) is 0.263. The van der Waals surface area contributed by atoms with Gasteiger partial charge in [-0.15, -0.1) is 0 Å². The quantitative estimate of drug-likeness (QED) is 0.799. The first-order chi connectivity index (χ1) is 11.8. The molecule has 3 aromatic rings. The number of pyridine rings is 1. The van der Waals surface area contributed by atoms with E-state index >= 15 is 0 Å². The van der Waals surface area contributed by atoms with Crippen LogP contribution < -0.4 is 5.32 Å². The van der Waals surface area contributed by atoms with E-state index in [-0.39, 0.29) is 5.82 Å². The number of hydrogen-bond donors (Lipinski definition) is 1. The fourth-order valence-electron chi connectivity index (χ4n) is 3.16. The minimum Gasteiger partial charge on any atom is -0.370 e. The Balaban J connectivity index is 1.78. The van der Waals surface area contributed by atoms with E-state index in [0.29, 0.717) is 6.42 Å². The summed E-state index contributed by atoms with van der Waals surface area (Å²) in [5, 5.41) is 8.32. The lowest BCUT2D eigenvalue weighted by atomic mass is 10.1. The van der Waals surface area contributed by atoms with Crippen LogP contribution in [0.15, 0.2) is 48.7 Å². The lowest BCUT2D eigenvalue weighted by Crippen LogP contribution is -2.07. The van der Waals surface area contributed by atoms with Crippen LogP contribution in [0.1, 0.15) is 29.8 Å². The second-order valence-corrected chi connectivity index (χ2v) is 6.04. The number of anilines is 1. The highest BCUT2D eigenvalue weighted by atomic mass is 19.1. The van der Waals surface area contributed by atoms with Crippen LogP contribution in [0, 0.1) is 5.82 Å². The zero-order valence-corrected chi connectivity index (χ0v) is 13.4. The Morgan fingerprint density at radius 3 is 2.75 bits per heavy atom. The molecular weight excluding hydrogens is 303 g/mol. The number of benzene rings is 1. The van der Waals surface area contributed by atoms with E-state index in [1.54, 1.807) is 12.1 Å². The van der Waals surface area contributed by atoms with Crippen LogP contribution in [0.3, 0.4) is 0 Å². The van der Waals surface area contributed by atoms with Crippen LogP contribution in [0.4, 0.5) is 10.2 Å². The maximum atomic E-state index is 13.2. The molecule has 122 valence electrons. The maximum absolute atomic E-state index is 13.2. The first-order valence-corrected chi connectivity index (χ1v) is 8.32. The summed E-state index contributed by atoms with van der Waals surface area (Å²) >= 11 is 0. The molecule has 0 bridgehead atoms. The molecule has 1 aliphatic rings. The van der Waals surface area contributed by atoms with Gasteiger partial charge in [-0.1, -0.05) is 6.07 Å². The van der Waals surface area contributed by atoms with Gasteiger partial charge in [0.25, 0.3) is 0 Å². The molecule has 0 saturated carbocycles. The van der Waals surface area contributed by atoms with Crippen LogP contribution in [0.5, 0.6) is 0 Å². The van der Waals surface area contributed by atoms with E-state index in [1.165, 1.54) is 17.7 Å². The molecular formula is C19H19FN4. The van der Waals surface area contributed by atoms with E-state index in [4.69, 9.17) is 5.10 Å². The van der Waals surface area contributed by atoms with Gasteiger partial charge in [-0.25, -0.2) is 9.07 Å². The molecule has 0 spiro atoms. The Morgan fingerprint density at radius 2 is 1.96 bits per heavy atom. The molecule has 0 amide bonds. The van der Waals surface area contributed by atoms with Gasteiger partial charge in [0, 0.05) is 30.4 Å². The third-order valence-electron chi connectivity index (χ3n) is 4.36. The van der Waals surface area contributed by atoms with Crippen molar-refractivity contribution in [2.45, 2.75) is 25.7 Å². The van der Waals surface area contributed by atoms with Gasteiger partial charge in [-0.2, -0.15) is 5.10 Å². The van der Waals surface area contributed by atoms with Crippen molar-refractivity contribution in [3.63, 3.8) is 0 Å². The number of nitrogens with zero attached hydrogens (tertiary/aromatic N) is 3. The summed E-state index contributed by atoms with van der Waals surface area (Å²) in [5.74, 6) is 0.795. The number of aromatic nitrogens is 3. The van der Waals surface area contributed by atoms with E-state index < -0.39 is 0 Å². The van der Waals surface area contributed by atoms with E-state index in [9.17, 15) is 4.39 Å². The molecule has 4 nitrogen and oxygen atoms in total. The van der Waals surface area contributed by atoms with Crippen LogP contribution in [0.25, 0.3) is 5.69 Å². The zero-order valence-electron chi connectivity index (χ0n) is 13.4. The van der Waals surface area contributed by atoms with Gasteiger partial charge in [-0.05, 0) is 55.7 Å². The Morgan fingerprint density at radius 1 is 1.08 bits per heavy atom. The van der Waals surface area contributed by atoms with Crippen molar-refractivity contribution in [2.75, 3.05) is 11.9 Å². The van der Waals surface area contributed by atoms with Crippen molar-refractivity contribution >= 4 is 5.82 Å². The number of fused-ring (bicyclic) bond motifs is 1. The smallest absolute Gasteiger partial charge is 0.133 e. The summed E-state index contributed by atoms with van der Waals surface area (Å²) in [5.41, 5.74) is 4.17. The van der Waals surface area contributed by atoms with E-state index in [1.807, 2.05) is 29.1 Å². The molecule has 0 atom stereocenters. The maximum Gasteiger partial charge on any atom is 0.133 e. The highest BCUT2D eigenvalue weighted by Gasteiger charge is 2.21. The summed E-state index contributed by atoms with van der Waals surface area (Å²) < 4.78 is 15.1. The van der Waals surface area contributed by atoms with Gasteiger partial charge >= 0.3 is 0 Å². The standard InChI is InChI=1S/C19H19FN4/c20-14-7-9-16(10-8-14)24-19-17(6-2-4-12-22-19)18(23-24)13-15-5-1-3-11-21-15/h1,3,5,7-11,22H,2,4,6,12-13H2. The Bertz CT molecular complexity index is 825. The highest BCUT2D eigenvalue weighted by molar-refractivity contribution is 5.54. The molecule has 0 radical (unpaired) electrons. The molecule has 1 aromatic carbocycles. The number of halogens is 1. The minimum atomic E-state index is -0.237. The fourth-order valence-corrected chi connectivity index (χ4v) is 3.16. The molecule has 5 heteroatoms. The molecule has 2 aromatic heterocycles. The summed E-state index contributed by atoms with van der Waals surface area (Å²) in [4.78, 5) is 4.42. The first kappa shape index (κ1) is 14.9. The lowest BCUT2D eigenvalue weighted by Gasteiger charge is -2.09. The normalized spacial score (nSPS) is 13.9. The highest BCUT2D eigenvalue weighted by Crippen LogP contribution is 2.29. The van der Waals surface area contributed by atoms with Crippen LogP contribution in [-0.2, 0) is 12.8 Å². The van der Waals surface area contributed by atoms with Gasteiger partial charge in [0.15, 0.2) is 0 Å². The van der Waals surface area contributed by atoms with E-state index in [2.05, 4.69) is 10.3 Å². The predicted octanol–water partition coefficient (Wildman–Crippen LogP) is 3.75. The largest absolute Gasteiger partial charge is 0.370 e. The van der Waals surface area contributed by atoms with Crippen molar-refractivity contribution in [3.8, 4) is 5.69 Å². The summed E-state index contributed by atoms with van der Waals surface area (Å²) in [6, 6.07) is 12.4. The number of nitrogens with one attached hydrogen (secondary N) is 1. The lowest BCUT2D eigenvalue weighted by molar-refractivity contribution is 0.627. The van der Waals surface area contributed by atoms with Gasteiger partial charge in [0.2, 0.25) is 0 Å². The van der Waals surface area contributed by atoms with Gasteiger partial charge in [-0.3, -0.25) is 4.98 Å². The third-order valence-corrected chi connectivity index (χ3v) is 4.36. The molecule has 0 fully saturated rings. The van der Waals surface area contributed by atoms with Crippen molar-refractivity contribution < 1.29 is 4.39 Å². The topological polar surface area (TPSA) is 42.7 Å². The number of rotatable bonds is 3. The third kappa shape index (κ3) is 2.89. The molecule has 1 aliphatic heterocycles. The zero-order chi connectivity index (χ0) is 16.4. The van der Waals surface area contributed by atoms with Gasteiger partial charge in [0.05, 0.1) is 11.4 Å². The Kier molecular flexibility index (Phi) is 3.99. The van der Waals surface area contributed by atoms with Crippen molar-refractivity contribution in [1.82, 2.24) is 14.8 Å². The van der Waals surface area contributed by atoms with Crippen molar-refractivity contribution in [3.05, 3.63) is 71.4 Å². The van der Waals surface area contributed by atoms with E-state index in [0.717, 1.165) is 48.7 Å². The second-order valence-electron chi connectivity index (χ2n) is 6.04. The van der Waals surface area contributed by atoms with Gasteiger partial charge in [0.1, 0.15) is 11.6 Å². The van der Waals surface area contributed by atoms with Crippen LogP contribution in [-0.4, -0.2) is 21.3 Å². The molecule has 0 unspecified atom stereocenters. The molecule has 0 saturated heterocycles. The second kappa shape index (κ2) is 6.43. The molecule has 0 aliphatic carbocycles. The van der Waals surface area contributed by atoms with Crippen LogP contribution in [0.2, 0.25) is 0 Å². The van der Waals surface area contributed by atoms with Crippen LogP contribution >= 0.6 is 0 Å². The predicted molar refractivity (Wildman–Crippen MR) is 92.0 cm³/mol. The average molecular weight is 322 g/mol. The van der Waals surface area contributed by atoms with Crippen molar-refractivity contribution in [1.29, 1.82) is 0 Å². The number of hydrogen-bond acceptors (Lipinski definition) is 3. The Labute approximate surface area is 140 Å². The average Bonchev–Trinajstić information content (AvgIpc) is 2.79. The van der Waals surface area contributed by atoms with Crippen molar-refractivity contribution in [2.24, 2.45) is 0 Å². The Hall–Kier alpha value is -2.69. The summed E-state index contributed by atoms with van der Waals surface area (Å²) in [6.45, 7) is 0.933. The monoisotopic (exact) mass is 322 g/mol. The van der Waals surface area contributed by atoms with Gasteiger partial charge < -0.3 is 5.32 Å². The molecule has 1 N–H and O–H groups in total. The summed E-state index contributed by atoms with van der Waals surface area (Å²) in [6.07, 6.45) is 5.80. The molecule has 3 heterocycles. The molecule has 4 rings (SSSR count). The SMILES string of the molecule is Fc1ccc(-n2nc(Cc3ccccn3)c3c2NCCCC3)cc1. The minimum absolute atomic E-state index is 0.237. The first-order valence-electron chi connectivity index (χ1n) is 8.32. The molecule has 24 heavy (non-hydrogen) atoms.